The van der Waals surface area contributed by atoms with Crippen LogP contribution in [-0.2, 0) is 10.8 Å². The van der Waals surface area contributed by atoms with Gasteiger partial charge in [-0.05, 0) is 48.6 Å². The van der Waals surface area contributed by atoms with Gasteiger partial charge in [-0.2, -0.15) is 0 Å². The molecule has 146 valence electrons. The van der Waals surface area contributed by atoms with E-state index in [0.29, 0.717) is 10.8 Å². The summed E-state index contributed by atoms with van der Waals surface area (Å²) in [7, 11) is 0. The molecule has 0 heteroatoms. The first-order chi connectivity index (χ1) is 12.1. The van der Waals surface area contributed by atoms with Crippen molar-refractivity contribution in [3.05, 3.63) is 70.8 Å². The van der Waals surface area contributed by atoms with Crippen LogP contribution in [0.5, 0.6) is 0 Å². The summed E-state index contributed by atoms with van der Waals surface area (Å²) < 4.78 is 0. The molecule has 0 heterocycles. The van der Waals surface area contributed by atoms with E-state index < -0.39 is 0 Å². The molecule has 0 unspecified atom stereocenters. The highest BCUT2D eigenvalue weighted by Crippen LogP contribution is 2.27. The number of hydrogen-bond acceptors (Lipinski definition) is 0. The van der Waals surface area contributed by atoms with Gasteiger partial charge in [0.05, 0.1) is 0 Å². The van der Waals surface area contributed by atoms with Crippen LogP contribution in [0.3, 0.4) is 0 Å². The standard InChI is InChI=1S/2C12H18.C2H6/c2*1-5-12(3,4)11-8-6-10(2)7-9-11;1-2/h2*6-9H,5H2,1-4H3;1-2H3. The van der Waals surface area contributed by atoms with Crippen molar-refractivity contribution in [1.82, 2.24) is 0 Å². The quantitative estimate of drug-likeness (QED) is 0.517. The number of rotatable bonds is 4. The van der Waals surface area contributed by atoms with Crippen molar-refractivity contribution in [1.29, 1.82) is 0 Å². The van der Waals surface area contributed by atoms with E-state index in [1.54, 1.807) is 0 Å². The summed E-state index contributed by atoms with van der Waals surface area (Å²) in [6.45, 7) is 21.9. The van der Waals surface area contributed by atoms with E-state index in [0.717, 1.165) is 0 Å². The maximum atomic E-state index is 2.29. The molecule has 0 amide bonds. The summed E-state index contributed by atoms with van der Waals surface area (Å²) >= 11 is 0. The van der Waals surface area contributed by atoms with Crippen LogP contribution in [0.2, 0.25) is 0 Å². The molecule has 0 N–H and O–H groups in total. The zero-order valence-corrected chi connectivity index (χ0v) is 19.0. The molecule has 0 fully saturated rings. The van der Waals surface area contributed by atoms with Gasteiger partial charge in [0.25, 0.3) is 0 Å². The van der Waals surface area contributed by atoms with Gasteiger partial charge in [-0.3, -0.25) is 0 Å². The van der Waals surface area contributed by atoms with Crippen LogP contribution in [-0.4, -0.2) is 0 Å². The van der Waals surface area contributed by atoms with Crippen molar-refractivity contribution in [2.24, 2.45) is 0 Å². The molecule has 0 saturated heterocycles. The second-order valence-electron chi connectivity index (χ2n) is 8.21. The summed E-state index contributed by atoms with van der Waals surface area (Å²) in [6, 6.07) is 17.7. The van der Waals surface area contributed by atoms with Crippen LogP contribution >= 0.6 is 0 Å². The van der Waals surface area contributed by atoms with E-state index in [1.165, 1.54) is 35.1 Å². The first kappa shape index (κ1) is 24.4. The van der Waals surface area contributed by atoms with E-state index >= 15 is 0 Å². The molecule has 0 aromatic heterocycles. The molecule has 0 radical (unpaired) electrons. The normalized spacial score (nSPS) is 11.0. The van der Waals surface area contributed by atoms with Crippen molar-refractivity contribution in [3.63, 3.8) is 0 Å². The fourth-order valence-electron chi connectivity index (χ4n) is 2.42. The fraction of sp³-hybridized carbons (Fsp3) is 0.538. The molecule has 2 aromatic rings. The predicted octanol–water partition coefficient (Wildman–Crippen LogP) is 8.39. The van der Waals surface area contributed by atoms with Gasteiger partial charge in [0, 0.05) is 0 Å². The van der Waals surface area contributed by atoms with Crippen LogP contribution < -0.4 is 0 Å². The van der Waals surface area contributed by atoms with Gasteiger partial charge < -0.3 is 0 Å². The Morgan fingerprint density at radius 1 is 0.538 bits per heavy atom. The van der Waals surface area contributed by atoms with Gasteiger partial charge in [-0.15, -0.1) is 0 Å². The topological polar surface area (TPSA) is 0 Å². The highest BCUT2D eigenvalue weighted by Gasteiger charge is 2.17. The van der Waals surface area contributed by atoms with Crippen molar-refractivity contribution in [2.45, 2.75) is 92.9 Å². The zero-order valence-electron chi connectivity index (χ0n) is 19.0. The van der Waals surface area contributed by atoms with Crippen molar-refractivity contribution >= 4 is 0 Å². The Labute approximate surface area is 164 Å². The van der Waals surface area contributed by atoms with Gasteiger partial charge in [0.15, 0.2) is 0 Å². The third kappa shape index (κ3) is 7.77. The summed E-state index contributed by atoms with van der Waals surface area (Å²) in [4.78, 5) is 0. The van der Waals surface area contributed by atoms with Gasteiger partial charge in [0.1, 0.15) is 0 Å². The minimum Gasteiger partial charge on any atom is -0.0683 e. The van der Waals surface area contributed by atoms with Crippen LogP contribution in [0.4, 0.5) is 0 Å². The zero-order chi connectivity index (χ0) is 20.4. The number of hydrogen-bond donors (Lipinski definition) is 0. The highest BCUT2D eigenvalue weighted by atomic mass is 14.2. The van der Waals surface area contributed by atoms with E-state index in [1.807, 2.05) is 13.8 Å². The minimum absolute atomic E-state index is 0.327. The molecule has 0 spiro atoms. The second kappa shape index (κ2) is 11.2. The minimum atomic E-state index is 0.327. The van der Waals surface area contributed by atoms with Crippen LogP contribution in [0.15, 0.2) is 48.5 Å². The van der Waals surface area contributed by atoms with Crippen LogP contribution in [0, 0.1) is 13.8 Å². The van der Waals surface area contributed by atoms with E-state index in [-0.39, 0.29) is 0 Å². The first-order valence-electron chi connectivity index (χ1n) is 10.3. The first-order valence-corrected chi connectivity index (χ1v) is 10.3. The molecule has 2 rings (SSSR count). The smallest absolute Gasteiger partial charge is 0.0106 e. The van der Waals surface area contributed by atoms with E-state index in [4.69, 9.17) is 0 Å². The van der Waals surface area contributed by atoms with Gasteiger partial charge in [-0.1, -0.05) is 115 Å². The SMILES string of the molecule is CC.CCC(C)(C)c1ccc(C)cc1.CCC(C)(C)c1ccc(C)cc1. The molecule has 0 atom stereocenters. The predicted molar refractivity (Wildman–Crippen MR) is 120 cm³/mol. The van der Waals surface area contributed by atoms with Crippen molar-refractivity contribution < 1.29 is 0 Å². The largest absolute Gasteiger partial charge is 0.0683 e. The lowest BCUT2D eigenvalue weighted by molar-refractivity contribution is 0.506. The maximum absolute atomic E-state index is 2.29. The van der Waals surface area contributed by atoms with Gasteiger partial charge >= 0.3 is 0 Å². The molecular formula is C26H42. The Hall–Kier alpha value is -1.56. The average Bonchev–Trinajstić information content (AvgIpc) is 2.64. The second-order valence-corrected chi connectivity index (χ2v) is 8.21. The molecule has 0 aliphatic heterocycles. The third-order valence-electron chi connectivity index (χ3n) is 5.43. The maximum Gasteiger partial charge on any atom is -0.0106 e. The van der Waals surface area contributed by atoms with Crippen LogP contribution in [0.1, 0.15) is 90.5 Å². The molecule has 0 bridgehead atoms. The Morgan fingerprint density at radius 3 is 0.962 bits per heavy atom. The fourth-order valence-corrected chi connectivity index (χ4v) is 2.42. The average molecular weight is 355 g/mol. The van der Waals surface area contributed by atoms with Gasteiger partial charge in [0.2, 0.25) is 0 Å². The Morgan fingerprint density at radius 2 is 0.769 bits per heavy atom. The van der Waals surface area contributed by atoms with Crippen LogP contribution in [0.25, 0.3) is 0 Å². The molecule has 26 heavy (non-hydrogen) atoms. The molecular weight excluding hydrogens is 312 g/mol. The summed E-state index contributed by atoms with van der Waals surface area (Å²) in [5.41, 5.74) is 6.21. The molecule has 0 saturated carbocycles. The lowest BCUT2D eigenvalue weighted by atomic mass is 9.82. The number of aryl methyl sites for hydroxylation is 2. The lowest BCUT2D eigenvalue weighted by Crippen LogP contribution is -2.14. The number of benzene rings is 2. The molecule has 0 nitrogen and oxygen atoms in total. The van der Waals surface area contributed by atoms with Gasteiger partial charge in [-0.25, -0.2) is 0 Å². The lowest BCUT2D eigenvalue weighted by Gasteiger charge is -2.23. The summed E-state index contributed by atoms with van der Waals surface area (Å²) in [5, 5.41) is 0. The molecule has 0 aliphatic rings. The Balaban J connectivity index is 0.000000439. The molecule has 2 aromatic carbocycles. The monoisotopic (exact) mass is 354 g/mol. The molecule has 0 aliphatic carbocycles. The summed E-state index contributed by atoms with van der Waals surface area (Å²) in [6.07, 6.45) is 2.38. The Kier molecular flexibility index (Phi) is 10.5. The highest BCUT2D eigenvalue weighted by molar-refractivity contribution is 5.28. The Bertz CT molecular complexity index is 540. The van der Waals surface area contributed by atoms with Crippen molar-refractivity contribution in [2.75, 3.05) is 0 Å². The van der Waals surface area contributed by atoms with E-state index in [9.17, 15) is 0 Å². The van der Waals surface area contributed by atoms with E-state index in [2.05, 4.69) is 104 Å². The third-order valence-corrected chi connectivity index (χ3v) is 5.43. The summed E-state index contributed by atoms with van der Waals surface area (Å²) in [5.74, 6) is 0. The van der Waals surface area contributed by atoms with Crippen molar-refractivity contribution in [3.8, 4) is 0 Å².